The maximum atomic E-state index is 11.7. The number of rotatable bonds is 16. The summed E-state index contributed by atoms with van der Waals surface area (Å²) in [4.78, 5) is 22.8. The van der Waals surface area contributed by atoms with Crippen LogP contribution < -0.4 is 4.74 Å². The summed E-state index contributed by atoms with van der Waals surface area (Å²) in [5, 5.41) is 0. The van der Waals surface area contributed by atoms with E-state index >= 15 is 0 Å². The standard InChI is InChI=1S/C21H32O7/c1-3-26-20(22)12-7-5-6-8-13-24-17-25-14-15-28-19-11-9-10-18(16-19)21(23)27-4-2/h9-11,16H,3-8,12-15,17H2,1-2H3. The zero-order valence-corrected chi connectivity index (χ0v) is 16.9. The minimum absolute atomic E-state index is 0.123. The van der Waals surface area contributed by atoms with Crippen molar-refractivity contribution in [1.82, 2.24) is 0 Å². The predicted octanol–water partition coefficient (Wildman–Crippen LogP) is 3.75. The Balaban J connectivity index is 1.96. The molecule has 7 heteroatoms. The first-order valence-corrected chi connectivity index (χ1v) is 9.88. The summed E-state index contributed by atoms with van der Waals surface area (Å²) in [5.74, 6) is 0.110. The fraction of sp³-hybridized carbons (Fsp3) is 0.619. The summed E-state index contributed by atoms with van der Waals surface area (Å²) in [6, 6.07) is 6.86. The molecule has 0 bridgehead atoms. The van der Waals surface area contributed by atoms with Crippen LogP contribution in [0, 0.1) is 0 Å². The van der Waals surface area contributed by atoms with Gasteiger partial charge >= 0.3 is 11.9 Å². The molecule has 0 atom stereocenters. The number of hydrogen-bond acceptors (Lipinski definition) is 7. The van der Waals surface area contributed by atoms with E-state index in [-0.39, 0.29) is 18.7 Å². The zero-order valence-electron chi connectivity index (χ0n) is 16.9. The lowest BCUT2D eigenvalue weighted by molar-refractivity contribution is -0.143. The molecule has 0 aliphatic rings. The van der Waals surface area contributed by atoms with E-state index in [2.05, 4.69) is 0 Å². The highest BCUT2D eigenvalue weighted by Gasteiger charge is 2.07. The van der Waals surface area contributed by atoms with Crippen molar-refractivity contribution in [2.24, 2.45) is 0 Å². The molecule has 28 heavy (non-hydrogen) atoms. The largest absolute Gasteiger partial charge is 0.491 e. The first kappa shape index (κ1) is 23.9. The van der Waals surface area contributed by atoms with Crippen molar-refractivity contribution in [2.75, 3.05) is 39.8 Å². The van der Waals surface area contributed by atoms with Gasteiger partial charge in [0.25, 0.3) is 0 Å². The summed E-state index contributed by atoms with van der Waals surface area (Å²) in [6.45, 7) is 5.96. The van der Waals surface area contributed by atoms with Gasteiger partial charge in [0.15, 0.2) is 0 Å². The van der Waals surface area contributed by atoms with Crippen molar-refractivity contribution >= 4 is 11.9 Å². The zero-order chi connectivity index (χ0) is 20.5. The van der Waals surface area contributed by atoms with Crippen LogP contribution in [0.5, 0.6) is 5.75 Å². The predicted molar refractivity (Wildman–Crippen MR) is 104 cm³/mol. The van der Waals surface area contributed by atoms with E-state index in [0.29, 0.717) is 50.8 Å². The van der Waals surface area contributed by atoms with Gasteiger partial charge in [0.2, 0.25) is 0 Å². The van der Waals surface area contributed by atoms with Gasteiger partial charge in [0, 0.05) is 13.0 Å². The van der Waals surface area contributed by atoms with Gasteiger partial charge in [-0.15, -0.1) is 0 Å². The lowest BCUT2D eigenvalue weighted by Crippen LogP contribution is -2.10. The monoisotopic (exact) mass is 396 g/mol. The molecule has 0 radical (unpaired) electrons. The Morgan fingerprint density at radius 2 is 1.61 bits per heavy atom. The fourth-order valence-electron chi connectivity index (χ4n) is 2.38. The van der Waals surface area contributed by atoms with Crippen LogP contribution >= 0.6 is 0 Å². The minimum atomic E-state index is -0.363. The van der Waals surface area contributed by atoms with Gasteiger partial charge in [-0.2, -0.15) is 0 Å². The summed E-state index contributed by atoms with van der Waals surface area (Å²) in [5.41, 5.74) is 0.464. The summed E-state index contributed by atoms with van der Waals surface area (Å²) in [7, 11) is 0. The van der Waals surface area contributed by atoms with E-state index in [1.165, 1.54) is 0 Å². The second-order valence-corrected chi connectivity index (χ2v) is 6.00. The van der Waals surface area contributed by atoms with Gasteiger partial charge in [-0.25, -0.2) is 4.79 Å². The number of benzene rings is 1. The number of carbonyl (C=O) groups is 2. The molecule has 7 nitrogen and oxygen atoms in total. The molecular weight excluding hydrogens is 364 g/mol. The van der Waals surface area contributed by atoms with E-state index in [0.717, 1.165) is 25.7 Å². The molecule has 0 spiro atoms. The third-order valence-corrected chi connectivity index (χ3v) is 3.73. The van der Waals surface area contributed by atoms with Crippen molar-refractivity contribution < 1.29 is 33.3 Å². The van der Waals surface area contributed by atoms with Crippen LogP contribution in [0.2, 0.25) is 0 Å². The summed E-state index contributed by atoms with van der Waals surface area (Å²) in [6.07, 6.45) is 4.27. The molecule has 0 aliphatic heterocycles. The minimum Gasteiger partial charge on any atom is -0.491 e. The molecule has 0 aromatic heterocycles. The van der Waals surface area contributed by atoms with Gasteiger partial charge < -0.3 is 23.7 Å². The van der Waals surface area contributed by atoms with E-state index in [9.17, 15) is 9.59 Å². The molecule has 158 valence electrons. The van der Waals surface area contributed by atoms with E-state index < -0.39 is 0 Å². The molecule has 0 N–H and O–H groups in total. The first-order valence-electron chi connectivity index (χ1n) is 9.88. The molecule has 0 heterocycles. The summed E-state index contributed by atoms with van der Waals surface area (Å²) >= 11 is 0. The Bertz CT molecular complexity index is 559. The molecule has 0 saturated carbocycles. The second-order valence-electron chi connectivity index (χ2n) is 6.00. The van der Waals surface area contributed by atoms with Gasteiger partial charge in [-0.05, 0) is 44.9 Å². The van der Waals surface area contributed by atoms with Crippen LogP contribution in [0.3, 0.4) is 0 Å². The van der Waals surface area contributed by atoms with E-state index in [4.69, 9.17) is 23.7 Å². The van der Waals surface area contributed by atoms with Gasteiger partial charge in [-0.3, -0.25) is 4.79 Å². The Morgan fingerprint density at radius 1 is 0.857 bits per heavy atom. The number of ether oxygens (including phenoxy) is 5. The lowest BCUT2D eigenvalue weighted by Gasteiger charge is -2.09. The van der Waals surface area contributed by atoms with E-state index in [1.54, 1.807) is 31.2 Å². The van der Waals surface area contributed by atoms with Crippen LogP contribution in [0.25, 0.3) is 0 Å². The van der Waals surface area contributed by atoms with Crippen LogP contribution in [0.4, 0.5) is 0 Å². The van der Waals surface area contributed by atoms with Crippen LogP contribution in [-0.4, -0.2) is 51.8 Å². The average Bonchev–Trinajstić information content (AvgIpc) is 2.69. The van der Waals surface area contributed by atoms with Crippen molar-refractivity contribution in [1.29, 1.82) is 0 Å². The average molecular weight is 396 g/mol. The number of esters is 2. The van der Waals surface area contributed by atoms with Crippen molar-refractivity contribution in [3.05, 3.63) is 29.8 Å². The quantitative estimate of drug-likeness (QED) is 0.239. The highest BCUT2D eigenvalue weighted by molar-refractivity contribution is 5.89. The Morgan fingerprint density at radius 3 is 2.39 bits per heavy atom. The van der Waals surface area contributed by atoms with Crippen molar-refractivity contribution in [2.45, 2.75) is 46.0 Å². The number of unbranched alkanes of at least 4 members (excludes halogenated alkanes) is 3. The maximum absolute atomic E-state index is 11.7. The van der Waals surface area contributed by atoms with Gasteiger partial charge in [0.05, 0.1) is 25.4 Å². The molecule has 0 unspecified atom stereocenters. The van der Waals surface area contributed by atoms with Crippen LogP contribution in [0.15, 0.2) is 24.3 Å². The number of carbonyl (C=O) groups excluding carboxylic acids is 2. The molecule has 1 rings (SSSR count). The van der Waals surface area contributed by atoms with Crippen molar-refractivity contribution in [3.63, 3.8) is 0 Å². The van der Waals surface area contributed by atoms with Crippen LogP contribution in [-0.2, 0) is 23.7 Å². The fourth-order valence-corrected chi connectivity index (χ4v) is 2.38. The first-order chi connectivity index (χ1) is 13.7. The van der Waals surface area contributed by atoms with Gasteiger partial charge in [0.1, 0.15) is 19.1 Å². The Kier molecular flexibility index (Phi) is 13.6. The third-order valence-electron chi connectivity index (χ3n) is 3.73. The number of hydrogen-bond donors (Lipinski definition) is 0. The SMILES string of the molecule is CCOC(=O)CCCCCCOCOCCOc1cccc(C(=O)OCC)c1. The maximum Gasteiger partial charge on any atom is 0.338 e. The molecule has 0 aliphatic carbocycles. The Hall–Kier alpha value is -2.12. The second kappa shape index (κ2) is 15.9. The molecule has 0 saturated heterocycles. The van der Waals surface area contributed by atoms with Crippen molar-refractivity contribution in [3.8, 4) is 5.75 Å². The normalized spacial score (nSPS) is 10.5. The molecule has 0 amide bonds. The smallest absolute Gasteiger partial charge is 0.338 e. The molecule has 1 aromatic carbocycles. The third kappa shape index (κ3) is 11.6. The topological polar surface area (TPSA) is 80.3 Å². The molecule has 0 fully saturated rings. The highest BCUT2D eigenvalue weighted by Crippen LogP contribution is 2.14. The Labute approximate surface area is 167 Å². The lowest BCUT2D eigenvalue weighted by atomic mass is 10.1. The van der Waals surface area contributed by atoms with Gasteiger partial charge in [-0.1, -0.05) is 18.9 Å². The van der Waals surface area contributed by atoms with Crippen LogP contribution in [0.1, 0.15) is 56.3 Å². The molecule has 1 aromatic rings. The summed E-state index contributed by atoms with van der Waals surface area (Å²) < 4.78 is 26.1. The van der Waals surface area contributed by atoms with E-state index in [1.807, 2.05) is 6.92 Å². The molecular formula is C21H32O7. The highest BCUT2D eigenvalue weighted by atomic mass is 16.7.